The van der Waals surface area contributed by atoms with Gasteiger partial charge in [-0.1, -0.05) is 23.7 Å². The van der Waals surface area contributed by atoms with Gasteiger partial charge in [-0.15, -0.1) is 0 Å². The van der Waals surface area contributed by atoms with E-state index in [1.165, 1.54) is 0 Å². The maximum absolute atomic E-state index is 12.6. The molecule has 0 spiro atoms. The van der Waals surface area contributed by atoms with Crippen LogP contribution in [0.1, 0.15) is 18.7 Å². The smallest absolute Gasteiger partial charge is 0.326 e. The van der Waals surface area contributed by atoms with E-state index >= 15 is 0 Å². The lowest BCUT2D eigenvalue weighted by molar-refractivity contribution is -0.138. The molecule has 2 atom stereocenters. The predicted molar refractivity (Wildman–Crippen MR) is 126 cm³/mol. The predicted octanol–water partition coefficient (Wildman–Crippen LogP) is 4.65. The quantitative estimate of drug-likeness (QED) is 0.442. The monoisotopic (exact) mass is 464 g/mol. The Morgan fingerprint density at radius 3 is 2.70 bits per heavy atom. The topological polar surface area (TPSA) is 109 Å². The number of aromatic nitrogens is 2. The van der Waals surface area contributed by atoms with Crippen molar-refractivity contribution in [2.45, 2.75) is 25.8 Å². The van der Waals surface area contributed by atoms with Gasteiger partial charge in [-0.05, 0) is 55.7 Å². The zero-order valence-electron chi connectivity index (χ0n) is 17.8. The summed E-state index contributed by atoms with van der Waals surface area (Å²) < 4.78 is 6.03. The average molecular weight is 465 g/mol. The van der Waals surface area contributed by atoms with E-state index in [0.29, 0.717) is 52.0 Å². The number of nitrogens with zero attached hydrogens (tertiary/aromatic N) is 3. The first-order chi connectivity index (χ1) is 15.9. The molecule has 1 amide bonds. The number of aryl methyl sites for hydroxylation is 1. The molecule has 2 aromatic carbocycles. The molecule has 0 bridgehead atoms. The molecule has 4 aromatic rings. The van der Waals surface area contributed by atoms with Crippen LogP contribution in [-0.2, 0) is 9.59 Å². The third-order valence-electron chi connectivity index (χ3n) is 5.86. The van der Waals surface area contributed by atoms with Gasteiger partial charge in [0.2, 0.25) is 5.91 Å². The number of aliphatic carboxylic acids is 1. The number of carbonyl (C=O) groups excluding carboxylic acids is 1. The molecular formula is C24H21ClN4O4. The van der Waals surface area contributed by atoms with Crippen LogP contribution in [0, 0.1) is 12.8 Å². The van der Waals surface area contributed by atoms with Gasteiger partial charge in [-0.2, -0.15) is 0 Å². The number of carboxylic acids is 1. The highest BCUT2D eigenvalue weighted by Crippen LogP contribution is 2.37. The third-order valence-corrected chi connectivity index (χ3v) is 6.11. The van der Waals surface area contributed by atoms with E-state index in [2.05, 4.69) is 15.3 Å². The summed E-state index contributed by atoms with van der Waals surface area (Å²) in [4.78, 5) is 35.5. The highest BCUT2D eigenvalue weighted by Gasteiger charge is 2.40. The molecule has 9 heteroatoms. The highest BCUT2D eigenvalue weighted by atomic mass is 35.5. The molecular weight excluding hydrogens is 444 g/mol. The van der Waals surface area contributed by atoms with Crippen molar-refractivity contribution in [3.05, 3.63) is 59.4 Å². The number of rotatable bonds is 5. The van der Waals surface area contributed by atoms with Crippen LogP contribution in [0.3, 0.4) is 0 Å². The lowest BCUT2D eigenvalue weighted by Crippen LogP contribution is -2.36. The number of fused-ring (bicyclic) bond motifs is 3. The van der Waals surface area contributed by atoms with Crippen molar-refractivity contribution < 1.29 is 19.1 Å². The first-order valence-electron chi connectivity index (χ1n) is 10.6. The van der Waals surface area contributed by atoms with Crippen molar-refractivity contribution in [2.75, 3.05) is 16.8 Å². The molecule has 1 fully saturated rings. The van der Waals surface area contributed by atoms with Gasteiger partial charge in [0.25, 0.3) is 0 Å². The maximum Gasteiger partial charge on any atom is 0.326 e. The summed E-state index contributed by atoms with van der Waals surface area (Å²) in [6.07, 6.45) is 0.518. The minimum atomic E-state index is -0.962. The Kier molecular flexibility index (Phi) is 5.38. The van der Waals surface area contributed by atoms with Crippen molar-refractivity contribution in [2.24, 2.45) is 5.92 Å². The Morgan fingerprint density at radius 1 is 1.18 bits per heavy atom. The number of furan rings is 1. The Hall–Kier alpha value is -3.65. The first-order valence-corrected chi connectivity index (χ1v) is 11.0. The molecule has 5 rings (SSSR count). The number of anilines is 2. The summed E-state index contributed by atoms with van der Waals surface area (Å²) in [5.41, 5.74) is 2.42. The molecule has 8 nitrogen and oxygen atoms in total. The van der Waals surface area contributed by atoms with Crippen LogP contribution in [0.2, 0.25) is 5.02 Å². The highest BCUT2D eigenvalue weighted by molar-refractivity contribution is 6.30. The van der Waals surface area contributed by atoms with Crippen molar-refractivity contribution >= 4 is 57.1 Å². The van der Waals surface area contributed by atoms with Gasteiger partial charge in [0.1, 0.15) is 23.0 Å². The van der Waals surface area contributed by atoms with Gasteiger partial charge < -0.3 is 19.7 Å². The molecule has 1 aliphatic rings. The van der Waals surface area contributed by atoms with E-state index in [4.69, 9.17) is 16.0 Å². The van der Waals surface area contributed by atoms with Crippen molar-refractivity contribution in [3.63, 3.8) is 0 Å². The maximum atomic E-state index is 12.6. The van der Waals surface area contributed by atoms with E-state index in [-0.39, 0.29) is 18.2 Å². The first kappa shape index (κ1) is 21.2. The molecule has 3 heterocycles. The summed E-state index contributed by atoms with van der Waals surface area (Å²) in [6.45, 7) is 2.14. The number of carboxylic acid groups (broad SMARTS) is 1. The Morgan fingerprint density at radius 2 is 1.94 bits per heavy atom. The standard InChI is InChI=1S/C24H21ClN4O4/c1-13-26-21-17-4-2-3-5-19(17)33-22(21)23(27-13)29-12-14(10-18(29)24(31)32)11-20(30)28-16-8-6-15(25)7-9-16/h2-9,14,18H,10-12H2,1H3,(H,28,30)(H,31,32)/t14-,18+/m1/s1. The van der Waals surface area contributed by atoms with Crippen molar-refractivity contribution in [1.82, 2.24) is 9.97 Å². The van der Waals surface area contributed by atoms with Crippen molar-refractivity contribution in [3.8, 4) is 0 Å². The Balaban J connectivity index is 1.43. The number of halogens is 1. The second kappa shape index (κ2) is 8.37. The van der Waals surface area contributed by atoms with Crippen LogP contribution in [-0.4, -0.2) is 39.5 Å². The summed E-state index contributed by atoms with van der Waals surface area (Å²) >= 11 is 5.89. The Labute approximate surface area is 194 Å². The van der Waals surface area contributed by atoms with Gasteiger partial charge >= 0.3 is 5.97 Å². The summed E-state index contributed by atoms with van der Waals surface area (Å²) in [6, 6.07) is 13.6. The summed E-state index contributed by atoms with van der Waals surface area (Å²) in [5.74, 6) is -0.330. The second-order valence-electron chi connectivity index (χ2n) is 8.24. The lowest BCUT2D eigenvalue weighted by atomic mass is 10.0. The molecule has 168 valence electrons. The number of para-hydroxylation sites is 1. The number of benzene rings is 2. The molecule has 2 N–H and O–H groups in total. The number of hydrogen-bond donors (Lipinski definition) is 2. The fraction of sp³-hybridized carbons (Fsp3) is 0.250. The van der Waals surface area contributed by atoms with Gasteiger partial charge in [0.05, 0.1) is 0 Å². The second-order valence-corrected chi connectivity index (χ2v) is 8.67. The Bertz CT molecular complexity index is 1370. The van der Waals surface area contributed by atoms with Gasteiger partial charge in [0, 0.05) is 29.1 Å². The van der Waals surface area contributed by atoms with Crippen LogP contribution < -0.4 is 10.2 Å². The normalized spacial score (nSPS) is 18.2. The molecule has 0 unspecified atom stereocenters. The molecule has 0 aliphatic carbocycles. The lowest BCUT2D eigenvalue weighted by Gasteiger charge is -2.22. The van der Waals surface area contributed by atoms with Gasteiger partial charge in [0.15, 0.2) is 11.4 Å². The van der Waals surface area contributed by atoms with Crippen LogP contribution in [0.25, 0.3) is 22.1 Å². The van der Waals surface area contributed by atoms with E-state index in [1.54, 1.807) is 36.1 Å². The summed E-state index contributed by atoms with van der Waals surface area (Å²) in [7, 11) is 0. The fourth-order valence-electron chi connectivity index (χ4n) is 4.43. The molecule has 0 saturated carbocycles. The number of carbonyl (C=O) groups is 2. The minimum Gasteiger partial charge on any atom is -0.480 e. The molecule has 33 heavy (non-hydrogen) atoms. The van der Waals surface area contributed by atoms with Crippen LogP contribution in [0.15, 0.2) is 52.9 Å². The van der Waals surface area contributed by atoms with Crippen molar-refractivity contribution in [1.29, 1.82) is 0 Å². The number of hydrogen-bond acceptors (Lipinski definition) is 6. The van der Waals surface area contributed by atoms with E-state index < -0.39 is 12.0 Å². The van der Waals surface area contributed by atoms with E-state index in [9.17, 15) is 14.7 Å². The third kappa shape index (κ3) is 4.09. The average Bonchev–Trinajstić information content (AvgIpc) is 3.36. The largest absolute Gasteiger partial charge is 0.480 e. The SMILES string of the molecule is Cc1nc(N2C[C@@H](CC(=O)Nc3ccc(Cl)cc3)C[C@H]2C(=O)O)c2oc3ccccc3c2n1. The van der Waals surface area contributed by atoms with Gasteiger partial charge in [-0.3, -0.25) is 4.79 Å². The van der Waals surface area contributed by atoms with Gasteiger partial charge in [-0.25, -0.2) is 14.8 Å². The fourth-order valence-corrected chi connectivity index (χ4v) is 4.55. The van der Waals surface area contributed by atoms with E-state index in [0.717, 1.165) is 5.39 Å². The van der Waals surface area contributed by atoms with Crippen LogP contribution in [0.4, 0.5) is 11.5 Å². The molecule has 1 saturated heterocycles. The van der Waals surface area contributed by atoms with Crippen LogP contribution >= 0.6 is 11.6 Å². The molecule has 2 aromatic heterocycles. The zero-order valence-corrected chi connectivity index (χ0v) is 18.5. The minimum absolute atomic E-state index is 0.159. The number of amides is 1. The van der Waals surface area contributed by atoms with Crippen LogP contribution in [0.5, 0.6) is 0 Å². The number of nitrogens with one attached hydrogen (secondary N) is 1. The van der Waals surface area contributed by atoms with E-state index in [1.807, 2.05) is 24.3 Å². The zero-order chi connectivity index (χ0) is 23.1. The molecule has 1 aliphatic heterocycles. The summed E-state index contributed by atoms with van der Waals surface area (Å²) in [5, 5.41) is 14.2. The molecule has 0 radical (unpaired) electrons.